The van der Waals surface area contributed by atoms with E-state index in [1.165, 1.54) is 11.8 Å². The maximum Gasteiger partial charge on any atom is 0.301 e. The van der Waals surface area contributed by atoms with Gasteiger partial charge in [-0.15, -0.1) is 0 Å². The van der Waals surface area contributed by atoms with Gasteiger partial charge in [-0.2, -0.15) is 20.0 Å². The fourth-order valence-corrected chi connectivity index (χ4v) is 3.88. The number of nitrogens with one attached hydrogen (secondary N) is 1. The van der Waals surface area contributed by atoms with Gasteiger partial charge < -0.3 is 4.42 Å². The molecule has 0 bridgehead atoms. The summed E-state index contributed by atoms with van der Waals surface area (Å²) in [5.41, 5.74) is 5.79. The maximum absolute atomic E-state index is 9.60. The minimum atomic E-state index is 0.236. The van der Waals surface area contributed by atoms with Gasteiger partial charge in [0.1, 0.15) is 17.1 Å². The monoisotopic (exact) mass is 428 g/mol. The first-order chi connectivity index (χ1) is 14.9. The minimum Gasteiger partial charge on any atom is -0.423 e. The van der Waals surface area contributed by atoms with Gasteiger partial charge in [0, 0.05) is 10.4 Å². The highest BCUT2D eigenvalue weighted by molar-refractivity contribution is 6.31. The van der Waals surface area contributed by atoms with Crippen LogP contribution in [0.4, 0.5) is 11.8 Å². The number of nitriles is 1. The molecule has 0 saturated carbocycles. The van der Waals surface area contributed by atoms with Crippen molar-refractivity contribution in [3.63, 3.8) is 0 Å². The van der Waals surface area contributed by atoms with E-state index in [4.69, 9.17) is 21.0 Å². The van der Waals surface area contributed by atoms with Gasteiger partial charge in [0.25, 0.3) is 0 Å². The summed E-state index contributed by atoms with van der Waals surface area (Å²) in [4.78, 5) is 9.25. The summed E-state index contributed by atoms with van der Waals surface area (Å²) < 4.78 is 7.35. The molecular formula is C23H17ClN6O. The first-order valence-corrected chi connectivity index (χ1v) is 10.0. The van der Waals surface area contributed by atoms with Crippen LogP contribution in [0.1, 0.15) is 22.3 Å². The van der Waals surface area contributed by atoms with Gasteiger partial charge in [-0.1, -0.05) is 23.2 Å². The molecule has 0 aliphatic heterocycles. The third-order valence-electron chi connectivity index (χ3n) is 5.12. The lowest BCUT2D eigenvalue weighted by molar-refractivity contribution is 0.621. The Morgan fingerprint density at radius 3 is 2.71 bits per heavy atom. The van der Waals surface area contributed by atoms with Crippen LogP contribution in [0, 0.1) is 32.1 Å². The second-order valence-corrected chi connectivity index (χ2v) is 7.90. The number of benzene rings is 2. The molecule has 0 amide bonds. The number of aryl methyl sites for hydroxylation is 3. The first kappa shape index (κ1) is 19.1. The third-order valence-corrected chi connectivity index (χ3v) is 5.36. The number of rotatable bonds is 3. The topological polar surface area (TPSA) is 92.6 Å². The van der Waals surface area contributed by atoms with Crippen LogP contribution in [0.2, 0.25) is 5.02 Å². The zero-order chi connectivity index (χ0) is 21.7. The van der Waals surface area contributed by atoms with Crippen molar-refractivity contribution in [2.24, 2.45) is 0 Å². The van der Waals surface area contributed by atoms with Crippen molar-refractivity contribution in [2.75, 3.05) is 5.32 Å². The van der Waals surface area contributed by atoms with E-state index in [2.05, 4.69) is 40.5 Å². The predicted molar refractivity (Wildman–Crippen MR) is 120 cm³/mol. The summed E-state index contributed by atoms with van der Waals surface area (Å²) in [5, 5.41) is 18.7. The normalized spacial score (nSPS) is 11.2. The molecule has 0 unspecified atom stereocenters. The van der Waals surface area contributed by atoms with E-state index in [1.54, 1.807) is 22.9 Å². The summed E-state index contributed by atoms with van der Waals surface area (Å²) in [6.45, 7) is 6.15. The van der Waals surface area contributed by atoms with Gasteiger partial charge in [-0.25, -0.2) is 4.98 Å². The third kappa shape index (κ3) is 3.27. The molecule has 152 valence electrons. The zero-order valence-corrected chi connectivity index (χ0v) is 17.8. The van der Waals surface area contributed by atoms with Crippen molar-refractivity contribution >= 4 is 45.4 Å². The van der Waals surface area contributed by atoms with E-state index in [1.807, 2.05) is 19.9 Å². The van der Waals surface area contributed by atoms with Gasteiger partial charge >= 0.3 is 6.01 Å². The number of aromatic nitrogens is 4. The lowest BCUT2D eigenvalue weighted by Crippen LogP contribution is -2.06. The summed E-state index contributed by atoms with van der Waals surface area (Å²) in [7, 11) is 0. The Hall–Kier alpha value is -3.89. The Morgan fingerprint density at radius 2 is 1.90 bits per heavy atom. The molecule has 0 fully saturated rings. The second kappa shape index (κ2) is 7.11. The smallest absolute Gasteiger partial charge is 0.301 e. The molecule has 2 aromatic carbocycles. The molecule has 1 N–H and O–H groups in total. The average Bonchev–Trinajstić information content (AvgIpc) is 3.31. The fraction of sp³-hybridized carbons (Fsp3) is 0.130. The van der Waals surface area contributed by atoms with Gasteiger partial charge in [0.2, 0.25) is 0 Å². The van der Waals surface area contributed by atoms with Crippen molar-refractivity contribution in [3.05, 3.63) is 69.9 Å². The molecule has 31 heavy (non-hydrogen) atoms. The Balaban J connectivity index is 1.64. The van der Waals surface area contributed by atoms with Crippen LogP contribution in [0.3, 0.4) is 0 Å². The molecule has 0 atom stereocenters. The standard InChI is InChI=1S/C23H17ClN6O/c1-12-6-14(3)21-17(7-12)13(2)8-20(28-21)30-22(15(10-25)11-26-30)29-23-27-18-9-16(24)4-5-19(18)31-23/h4-9,11H,1-3H3,(H,27,29). The minimum absolute atomic E-state index is 0.236. The molecule has 0 aliphatic carbocycles. The van der Waals surface area contributed by atoms with E-state index in [0.717, 1.165) is 22.0 Å². The molecule has 3 heterocycles. The Morgan fingerprint density at radius 1 is 1.06 bits per heavy atom. The quantitative estimate of drug-likeness (QED) is 0.393. The largest absolute Gasteiger partial charge is 0.423 e. The van der Waals surface area contributed by atoms with Crippen LogP contribution in [0.25, 0.3) is 27.8 Å². The van der Waals surface area contributed by atoms with Gasteiger partial charge in [-0.3, -0.25) is 5.32 Å². The Bertz CT molecular complexity index is 1530. The van der Waals surface area contributed by atoms with Crippen LogP contribution in [0.15, 0.2) is 47.0 Å². The number of anilines is 2. The highest BCUT2D eigenvalue weighted by Crippen LogP contribution is 2.29. The molecule has 0 saturated heterocycles. The van der Waals surface area contributed by atoms with E-state index >= 15 is 0 Å². The molecule has 3 aromatic heterocycles. The second-order valence-electron chi connectivity index (χ2n) is 7.46. The van der Waals surface area contributed by atoms with Gasteiger partial charge in [-0.05, 0) is 62.2 Å². The lowest BCUT2D eigenvalue weighted by atomic mass is 10.0. The number of fused-ring (bicyclic) bond motifs is 2. The Kier molecular flexibility index (Phi) is 4.38. The molecule has 7 nitrogen and oxygen atoms in total. The lowest BCUT2D eigenvalue weighted by Gasteiger charge is -2.12. The molecular weight excluding hydrogens is 412 g/mol. The average molecular weight is 429 g/mol. The summed E-state index contributed by atoms with van der Waals surface area (Å²) in [5.74, 6) is 1.02. The molecule has 5 aromatic rings. The van der Waals surface area contributed by atoms with Crippen LogP contribution < -0.4 is 5.32 Å². The van der Waals surface area contributed by atoms with Crippen molar-refractivity contribution in [2.45, 2.75) is 20.8 Å². The SMILES string of the molecule is Cc1cc(C)c2nc(-n3ncc(C#N)c3Nc3nc4cc(Cl)ccc4o3)cc(C)c2c1. The summed E-state index contributed by atoms with van der Waals surface area (Å²) in [6.07, 6.45) is 1.49. The number of hydrogen-bond donors (Lipinski definition) is 1. The Labute approximate surface area is 182 Å². The van der Waals surface area contributed by atoms with E-state index in [-0.39, 0.29) is 6.01 Å². The van der Waals surface area contributed by atoms with Crippen LogP contribution in [0.5, 0.6) is 0 Å². The maximum atomic E-state index is 9.60. The molecule has 8 heteroatoms. The number of oxazole rings is 1. The fourth-order valence-electron chi connectivity index (χ4n) is 3.72. The van der Waals surface area contributed by atoms with Crippen molar-refractivity contribution < 1.29 is 4.42 Å². The molecule has 0 aliphatic rings. The van der Waals surface area contributed by atoms with Gasteiger partial charge in [0.15, 0.2) is 17.2 Å². The number of halogens is 1. The predicted octanol–water partition coefficient (Wildman–Crippen LogP) is 5.76. The molecule has 5 rings (SSSR count). The zero-order valence-electron chi connectivity index (χ0n) is 17.1. The highest BCUT2D eigenvalue weighted by Gasteiger charge is 2.18. The van der Waals surface area contributed by atoms with Crippen molar-refractivity contribution in [1.82, 2.24) is 19.7 Å². The van der Waals surface area contributed by atoms with Crippen LogP contribution >= 0.6 is 11.6 Å². The van der Waals surface area contributed by atoms with Crippen LogP contribution in [-0.2, 0) is 0 Å². The first-order valence-electron chi connectivity index (χ1n) is 9.63. The highest BCUT2D eigenvalue weighted by atomic mass is 35.5. The molecule has 0 radical (unpaired) electrons. The molecule has 0 spiro atoms. The van der Waals surface area contributed by atoms with E-state index < -0.39 is 0 Å². The van der Waals surface area contributed by atoms with Gasteiger partial charge in [0.05, 0.1) is 11.7 Å². The number of pyridine rings is 1. The summed E-state index contributed by atoms with van der Waals surface area (Å²) >= 11 is 6.04. The van der Waals surface area contributed by atoms with Crippen molar-refractivity contribution in [1.29, 1.82) is 5.26 Å². The van der Waals surface area contributed by atoms with E-state index in [9.17, 15) is 5.26 Å². The van der Waals surface area contributed by atoms with Crippen molar-refractivity contribution in [3.8, 4) is 11.9 Å². The van der Waals surface area contributed by atoms with Crippen LogP contribution in [-0.4, -0.2) is 19.7 Å². The number of nitrogens with zero attached hydrogens (tertiary/aromatic N) is 5. The van der Waals surface area contributed by atoms with E-state index in [0.29, 0.717) is 33.3 Å². The summed E-state index contributed by atoms with van der Waals surface area (Å²) in [6, 6.07) is 13.8. The number of hydrogen-bond acceptors (Lipinski definition) is 6.